The summed E-state index contributed by atoms with van der Waals surface area (Å²) in [6.07, 6.45) is 0. The Morgan fingerprint density at radius 2 is 1.27 bits per heavy atom. The molecule has 0 spiro atoms. The maximum absolute atomic E-state index is 10.5. The highest BCUT2D eigenvalue weighted by atomic mass is 32.1. The van der Waals surface area contributed by atoms with Gasteiger partial charge in [0.2, 0.25) is 0 Å². The number of phenols is 1. The lowest BCUT2D eigenvalue weighted by Crippen LogP contribution is -1.84. The molecule has 0 radical (unpaired) electrons. The van der Waals surface area contributed by atoms with Crippen LogP contribution in [0.3, 0.4) is 0 Å². The van der Waals surface area contributed by atoms with Crippen LogP contribution in [-0.4, -0.2) is 10.1 Å². The maximum Gasteiger partial charge on any atom is 0.128 e. The zero-order valence-corrected chi connectivity index (χ0v) is 16.9. The van der Waals surface area contributed by atoms with Crippen molar-refractivity contribution >= 4 is 43.1 Å². The van der Waals surface area contributed by atoms with Gasteiger partial charge in [0, 0.05) is 0 Å². The molecule has 5 aromatic carbocycles. The van der Waals surface area contributed by atoms with E-state index in [1.165, 1.54) is 21.5 Å². The second-order valence-electron chi connectivity index (χ2n) is 7.48. The van der Waals surface area contributed by atoms with E-state index in [-0.39, 0.29) is 5.75 Å². The Bertz CT molecular complexity index is 1530. The van der Waals surface area contributed by atoms with Gasteiger partial charge in [-0.2, -0.15) is 0 Å². The summed E-state index contributed by atoms with van der Waals surface area (Å²) in [5.74, 6) is 0.254. The summed E-state index contributed by atoms with van der Waals surface area (Å²) in [7, 11) is 0. The van der Waals surface area contributed by atoms with Crippen molar-refractivity contribution < 1.29 is 5.11 Å². The Kier molecular flexibility index (Phi) is 3.83. The standard InChI is InChI=1S/C27H17NOS/c29-25-12-11-21(16-23(25)27-28-24-7-3-4-8-26(24)30-27)19-9-10-20-13-17-5-1-2-6-18(17)14-22(20)15-19/h1-16,29H. The van der Waals surface area contributed by atoms with Gasteiger partial charge < -0.3 is 5.11 Å². The molecule has 0 bridgehead atoms. The number of hydrogen-bond acceptors (Lipinski definition) is 3. The van der Waals surface area contributed by atoms with E-state index in [0.717, 1.165) is 31.9 Å². The minimum atomic E-state index is 0.254. The van der Waals surface area contributed by atoms with Crippen LogP contribution in [0.15, 0.2) is 97.1 Å². The van der Waals surface area contributed by atoms with E-state index in [0.29, 0.717) is 0 Å². The summed E-state index contributed by atoms with van der Waals surface area (Å²) in [4.78, 5) is 4.72. The molecule has 0 aliphatic rings. The van der Waals surface area contributed by atoms with E-state index in [4.69, 9.17) is 4.98 Å². The van der Waals surface area contributed by atoms with Crippen molar-refractivity contribution in [2.24, 2.45) is 0 Å². The third kappa shape index (κ3) is 2.83. The molecular formula is C27H17NOS. The van der Waals surface area contributed by atoms with Crippen LogP contribution in [0, 0.1) is 0 Å². The first-order valence-electron chi connectivity index (χ1n) is 9.86. The van der Waals surface area contributed by atoms with Crippen LogP contribution in [0.25, 0.3) is 53.5 Å². The summed E-state index contributed by atoms with van der Waals surface area (Å²) in [6.45, 7) is 0. The van der Waals surface area contributed by atoms with Crippen LogP contribution in [0.1, 0.15) is 0 Å². The Labute approximate surface area is 177 Å². The molecule has 0 saturated carbocycles. The second-order valence-corrected chi connectivity index (χ2v) is 8.51. The van der Waals surface area contributed by atoms with E-state index < -0.39 is 0 Å². The molecule has 142 valence electrons. The summed E-state index contributed by atoms with van der Waals surface area (Å²) in [6, 6.07) is 33.3. The van der Waals surface area contributed by atoms with Crippen molar-refractivity contribution in [2.45, 2.75) is 0 Å². The molecular weight excluding hydrogens is 386 g/mol. The van der Waals surface area contributed by atoms with Crippen molar-refractivity contribution in [3.8, 4) is 27.4 Å². The van der Waals surface area contributed by atoms with Crippen LogP contribution >= 0.6 is 11.3 Å². The zero-order valence-electron chi connectivity index (χ0n) is 16.0. The number of phenolic OH excluding ortho intramolecular Hbond substituents is 1. The quantitative estimate of drug-likeness (QED) is 0.301. The van der Waals surface area contributed by atoms with Crippen molar-refractivity contribution in [3.63, 3.8) is 0 Å². The van der Waals surface area contributed by atoms with E-state index in [1.807, 2.05) is 30.3 Å². The summed E-state index contributed by atoms with van der Waals surface area (Å²) < 4.78 is 1.12. The van der Waals surface area contributed by atoms with E-state index >= 15 is 0 Å². The summed E-state index contributed by atoms with van der Waals surface area (Å²) >= 11 is 1.60. The Morgan fingerprint density at radius 1 is 0.600 bits per heavy atom. The number of aromatic hydroxyl groups is 1. The number of thiazole rings is 1. The first kappa shape index (κ1) is 17.2. The fraction of sp³-hybridized carbons (Fsp3) is 0. The molecule has 1 heterocycles. The Balaban J connectivity index is 1.49. The van der Waals surface area contributed by atoms with Crippen LogP contribution in [0.2, 0.25) is 0 Å². The third-order valence-corrected chi connectivity index (χ3v) is 6.63. The van der Waals surface area contributed by atoms with Gasteiger partial charge in [0.15, 0.2) is 0 Å². The SMILES string of the molecule is Oc1ccc(-c2ccc3cc4ccccc4cc3c2)cc1-c1nc2ccccc2s1. The lowest BCUT2D eigenvalue weighted by Gasteiger charge is -2.09. The second kappa shape index (κ2) is 6.68. The van der Waals surface area contributed by atoms with Crippen LogP contribution in [0.4, 0.5) is 0 Å². The monoisotopic (exact) mass is 403 g/mol. The average molecular weight is 404 g/mol. The lowest BCUT2D eigenvalue weighted by molar-refractivity contribution is 0.477. The molecule has 0 atom stereocenters. The highest BCUT2D eigenvalue weighted by Gasteiger charge is 2.12. The van der Waals surface area contributed by atoms with Crippen molar-refractivity contribution in [1.82, 2.24) is 4.98 Å². The zero-order chi connectivity index (χ0) is 20.1. The highest BCUT2D eigenvalue weighted by Crippen LogP contribution is 2.38. The van der Waals surface area contributed by atoms with Gasteiger partial charge in [-0.05, 0) is 75.1 Å². The predicted octanol–water partition coefficient (Wildman–Crippen LogP) is 7.64. The maximum atomic E-state index is 10.5. The number of rotatable bonds is 2. The molecule has 1 N–H and O–H groups in total. The molecule has 0 aliphatic heterocycles. The molecule has 0 fully saturated rings. The number of fused-ring (bicyclic) bond motifs is 3. The number of benzene rings is 5. The fourth-order valence-electron chi connectivity index (χ4n) is 3.99. The van der Waals surface area contributed by atoms with Gasteiger partial charge in [-0.25, -0.2) is 4.98 Å². The normalized spacial score (nSPS) is 11.5. The van der Waals surface area contributed by atoms with Gasteiger partial charge in [0.05, 0.1) is 15.8 Å². The highest BCUT2D eigenvalue weighted by molar-refractivity contribution is 7.21. The van der Waals surface area contributed by atoms with Crippen LogP contribution in [0.5, 0.6) is 5.75 Å². The van der Waals surface area contributed by atoms with Gasteiger partial charge in [-0.3, -0.25) is 0 Å². The predicted molar refractivity (Wildman–Crippen MR) is 127 cm³/mol. The van der Waals surface area contributed by atoms with Gasteiger partial charge in [0.1, 0.15) is 10.8 Å². The summed E-state index contributed by atoms with van der Waals surface area (Å²) in [5, 5.41) is 16.3. The molecule has 0 saturated heterocycles. The van der Waals surface area contributed by atoms with Gasteiger partial charge in [-0.1, -0.05) is 54.6 Å². The largest absolute Gasteiger partial charge is 0.507 e. The van der Waals surface area contributed by atoms with Gasteiger partial charge >= 0.3 is 0 Å². The minimum absolute atomic E-state index is 0.254. The average Bonchev–Trinajstić information content (AvgIpc) is 3.21. The first-order chi connectivity index (χ1) is 14.7. The van der Waals surface area contributed by atoms with Crippen molar-refractivity contribution in [1.29, 1.82) is 0 Å². The number of hydrogen-bond donors (Lipinski definition) is 1. The first-order valence-corrected chi connectivity index (χ1v) is 10.7. The Hall–Kier alpha value is -3.69. The molecule has 0 amide bonds. The molecule has 2 nitrogen and oxygen atoms in total. The molecule has 3 heteroatoms. The number of nitrogens with zero attached hydrogens (tertiary/aromatic N) is 1. The Morgan fingerprint density at radius 3 is 2.10 bits per heavy atom. The smallest absolute Gasteiger partial charge is 0.128 e. The molecule has 1 aromatic heterocycles. The number of aromatic nitrogens is 1. The molecule has 0 aliphatic carbocycles. The van der Waals surface area contributed by atoms with E-state index in [9.17, 15) is 5.11 Å². The summed E-state index contributed by atoms with van der Waals surface area (Å²) in [5.41, 5.74) is 3.92. The van der Waals surface area contributed by atoms with Crippen molar-refractivity contribution in [3.05, 3.63) is 97.1 Å². The number of para-hydroxylation sites is 1. The minimum Gasteiger partial charge on any atom is -0.507 e. The topological polar surface area (TPSA) is 33.1 Å². The van der Waals surface area contributed by atoms with Gasteiger partial charge in [0.25, 0.3) is 0 Å². The fourth-order valence-corrected chi connectivity index (χ4v) is 4.98. The third-order valence-electron chi connectivity index (χ3n) is 5.56. The van der Waals surface area contributed by atoms with Crippen LogP contribution in [-0.2, 0) is 0 Å². The molecule has 6 rings (SSSR count). The molecule has 6 aromatic rings. The van der Waals surface area contributed by atoms with Crippen molar-refractivity contribution in [2.75, 3.05) is 0 Å². The van der Waals surface area contributed by atoms with Gasteiger partial charge in [-0.15, -0.1) is 11.3 Å². The molecule has 30 heavy (non-hydrogen) atoms. The van der Waals surface area contributed by atoms with E-state index in [2.05, 4.69) is 60.7 Å². The lowest BCUT2D eigenvalue weighted by atomic mass is 9.97. The molecule has 0 unspecified atom stereocenters. The van der Waals surface area contributed by atoms with Crippen LogP contribution < -0.4 is 0 Å². The van der Waals surface area contributed by atoms with E-state index in [1.54, 1.807) is 17.4 Å².